The summed E-state index contributed by atoms with van der Waals surface area (Å²) in [5, 5.41) is 3.41. The molecule has 3 nitrogen and oxygen atoms in total. The first kappa shape index (κ1) is 15.0. The molecule has 1 aromatic heterocycles. The first-order valence-corrected chi connectivity index (χ1v) is 6.94. The second-order valence-corrected chi connectivity index (χ2v) is 5.09. The molecule has 0 fully saturated rings. The average Bonchev–Trinajstić information content (AvgIpc) is 2.33. The van der Waals surface area contributed by atoms with Crippen LogP contribution in [0.25, 0.3) is 0 Å². The highest BCUT2D eigenvalue weighted by Gasteiger charge is 2.10. The number of rotatable bonds is 6. The highest BCUT2D eigenvalue weighted by molar-refractivity contribution is 5.26. The van der Waals surface area contributed by atoms with E-state index in [-0.39, 0.29) is 5.56 Å². The summed E-state index contributed by atoms with van der Waals surface area (Å²) in [7, 11) is 0. The molecule has 0 amide bonds. The Morgan fingerprint density at radius 2 is 2.00 bits per heavy atom. The molecule has 1 heterocycles. The smallest absolute Gasteiger partial charge is 0.255 e. The first-order valence-electron chi connectivity index (χ1n) is 6.94. The van der Waals surface area contributed by atoms with E-state index in [0.29, 0.717) is 12.6 Å². The molecule has 0 aliphatic carbocycles. The van der Waals surface area contributed by atoms with Crippen molar-refractivity contribution in [1.82, 2.24) is 9.88 Å². The molecule has 0 radical (unpaired) electrons. The van der Waals surface area contributed by atoms with Gasteiger partial charge in [-0.1, -0.05) is 13.8 Å². The van der Waals surface area contributed by atoms with Crippen LogP contribution in [-0.4, -0.2) is 10.6 Å². The summed E-state index contributed by atoms with van der Waals surface area (Å²) in [4.78, 5) is 12.4. The normalized spacial score (nSPS) is 12.7. The Hall–Kier alpha value is -1.09. The Balaban J connectivity index is 3.04. The Morgan fingerprint density at radius 1 is 1.33 bits per heavy atom. The fraction of sp³-hybridized carbons (Fsp3) is 0.667. The van der Waals surface area contributed by atoms with Gasteiger partial charge in [-0.3, -0.25) is 4.79 Å². The van der Waals surface area contributed by atoms with E-state index in [0.717, 1.165) is 36.2 Å². The Bertz CT molecular complexity index is 449. The zero-order valence-electron chi connectivity index (χ0n) is 12.3. The molecule has 18 heavy (non-hydrogen) atoms. The van der Waals surface area contributed by atoms with Gasteiger partial charge in [0.25, 0.3) is 5.56 Å². The van der Waals surface area contributed by atoms with E-state index in [4.69, 9.17) is 0 Å². The van der Waals surface area contributed by atoms with Crippen molar-refractivity contribution in [2.24, 2.45) is 0 Å². The zero-order valence-corrected chi connectivity index (χ0v) is 12.3. The molecule has 102 valence electrons. The van der Waals surface area contributed by atoms with Crippen LogP contribution in [0.3, 0.4) is 0 Å². The van der Waals surface area contributed by atoms with Crippen LogP contribution < -0.4 is 10.9 Å². The first-order chi connectivity index (χ1) is 8.51. The van der Waals surface area contributed by atoms with E-state index < -0.39 is 0 Å². The van der Waals surface area contributed by atoms with Crippen molar-refractivity contribution < 1.29 is 0 Å². The largest absolute Gasteiger partial charge is 0.313 e. The number of aromatic nitrogens is 1. The van der Waals surface area contributed by atoms with Gasteiger partial charge in [0, 0.05) is 30.4 Å². The zero-order chi connectivity index (χ0) is 13.7. The second kappa shape index (κ2) is 6.74. The van der Waals surface area contributed by atoms with Crippen molar-refractivity contribution in [2.45, 2.75) is 66.6 Å². The van der Waals surface area contributed by atoms with E-state index in [1.807, 2.05) is 18.4 Å². The van der Waals surface area contributed by atoms with Gasteiger partial charge >= 0.3 is 0 Å². The molecular formula is C15H26N2O. The Morgan fingerprint density at radius 3 is 2.56 bits per heavy atom. The molecular weight excluding hydrogens is 224 g/mol. The number of hydrogen-bond acceptors (Lipinski definition) is 2. The van der Waals surface area contributed by atoms with Gasteiger partial charge in [0.05, 0.1) is 0 Å². The predicted molar refractivity (Wildman–Crippen MR) is 77.1 cm³/mol. The van der Waals surface area contributed by atoms with E-state index in [1.165, 1.54) is 0 Å². The van der Waals surface area contributed by atoms with E-state index in [9.17, 15) is 4.79 Å². The number of aryl methyl sites for hydroxylation is 2. The van der Waals surface area contributed by atoms with Crippen LogP contribution in [0.15, 0.2) is 10.9 Å². The van der Waals surface area contributed by atoms with Crippen molar-refractivity contribution in [3.05, 3.63) is 33.2 Å². The molecule has 1 rings (SSSR count). The van der Waals surface area contributed by atoms with Crippen LogP contribution in [0.5, 0.6) is 0 Å². The van der Waals surface area contributed by atoms with Crippen LogP contribution >= 0.6 is 0 Å². The third-order valence-corrected chi connectivity index (χ3v) is 3.52. The highest BCUT2D eigenvalue weighted by atomic mass is 16.1. The lowest BCUT2D eigenvalue weighted by atomic mass is 10.1. The van der Waals surface area contributed by atoms with Gasteiger partial charge in [0.1, 0.15) is 0 Å². The number of hydrogen-bond donors (Lipinski definition) is 1. The Kier molecular flexibility index (Phi) is 5.60. The summed E-state index contributed by atoms with van der Waals surface area (Å²) in [5.74, 6) is 0. The van der Waals surface area contributed by atoms with Crippen LogP contribution in [0.2, 0.25) is 0 Å². The third-order valence-electron chi connectivity index (χ3n) is 3.52. The molecule has 3 heteroatoms. The standard InChI is InChI=1S/C15H26N2O/c1-6-8-17-13(5)9-11(3)14(15(17)18)10-16-12(4)7-2/h9,12,16H,6-8,10H2,1-5H3. The van der Waals surface area contributed by atoms with Crippen LogP contribution in [0.4, 0.5) is 0 Å². The van der Waals surface area contributed by atoms with Gasteiger partial charge < -0.3 is 9.88 Å². The highest BCUT2D eigenvalue weighted by Crippen LogP contribution is 2.07. The molecule has 1 aromatic rings. The number of nitrogens with one attached hydrogen (secondary N) is 1. The van der Waals surface area contributed by atoms with Gasteiger partial charge in [-0.05, 0) is 45.2 Å². The maximum Gasteiger partial charge on any atom is 0.255 e. The van der Waals surface area contributed by atoms with Crippen molar-refractivity contribution in [3.8, 4) is 0 Å². The molecule has 0 saturated carbocycles. The summed E-state index contributed by atoms with van der Waals surface area (Å²) in [6.45, 7) is 11.9. The van der Waals surface area contributed by atoms with Crippen molar-refractivity contribution in [1.29, 1.82) is 0 Å². The third kappa shape index (κ3) is 3.45. The van der Waals surface area contributed by atoms with Crippen molar-refractivity contribution in [2.75, 3.05) is 0 Å². The van der Waals surface area contributed by atoms with Crippen LogP contribution in [0, 0.1) is 13.8 Å². The summed E-state index contributed by atoms with van der Waals surface area (Å²) < 4.78 is 1.89. The minimum atomic E-state index is 0.171. The molecule has 0 bridgehead atoms. The molecule has 0 aliphatic rings. The van der Waals surface area contributed by atoms with Crippen LogP contribution in [0.1, 0.15) is 50.4 Å². The average molecular weight is 250 g/mol. The molecule has 0 saturated heterocycles. The minimum Gasteiger partial charge on any atom is -0.313 e. The lowest BCUT2D eigenvalue weighted by molar-refractivity contribution is 0.525. The van der Waals surface area contributed by atoms with Gasteiger partial charge in [-0.25, -0.2) is 0 Å². The quantitative estimate of drug-likeness (QED) is 0.842. The number of pyridine rings is 1. The van der Waals surface area contributed by atoms with E-state index in [1.54, 1.807) is 0 Å². The van der Waals surface area contributed by atoms with Gasteiger partial charge in [0.2, 0.25) is 0 Å². The number of nitrogens with zero attached hydrogens (tertiary/aromatic N) is 1. The molecule has 1 atom stereocenters. The molecule has 1 unspecified atom stereocenters. The fourth-order valence-corrected chi connectivity index (χ4v) is 2.11. The molecule has 0 aliphatic heterocycles. The minimum absolute atomic E-state index is 0.171. The molecule has 0 spiro atoms. The lowest BCUT2D eigenvalue weighted by Crippen LogP contribution is -2.32. The summed E-state index contributed by atoms with van der Waals surface area (Å²) >= 11 is 0. The SMILES string of the molecule is CCCn1c(C)cc(C)c(CNC(C)CC)c1=O. The van der Waals surface area contributed by atoms with E-state index >= 15 is 0 Å². The predicted octanol–water partition coefficient (Wildman–Crippen LogP) is 2.76. The van der Waals surface area contributed by atoms with Gasteiger partial charge in [0.15, 0.2) is 0 Å². The van der Waals surface area contributed by atoms with Crippen molar-refractivity contribution >= 4 is 0 Å². The maximum absolute atomic E-state index is 12.4. The van der Waals surface area contributed by atoms with E-state index in [2.05, 4.69) is 32.2 Å². The lowest BCUT2D eigenvalue weighted by Gasteiger charge is -2.16. The summed E-state index contributed by atoms with van der Waals surface area (Å²) in [6.07, 6.45) is 2.07. The summed E-state index contributed by atoms with van der Waals surface area (Å²) in [5.41, 5.74) is 3.24. The molecule has 0 aromatic carbocycles. The van der Waals surface area contributed by atoms with Gasteiger partial charge in [-0.2, -0.15) is 0 Å². The second-order valence-electron chi connectivity index (χ2n) is 5.09. The molecule has 1 N–H and O–H groups in total. The monoisotopic (exact) mass is 250 g/mol. The van der Waals surface area contributed by atoms with Crippen LogP contribution in [-0.2, 0) is 13.1 Å². The van der Waals surface area contributed by atoms with Gasteiger partial charge in [-0.15, -0.1) is 0 Å². The maximum atomic E-state index is 12.4. The fourth-order valence-electron chi connectivity index (χ4n) is 2.11. The summed E-state index contributed by atoms with van der Waals surface area (Å²) in [6, 6.07) is 2.56. The topological polar surface area (TPSA) is 34.0 Å². The Labute approximate surface area is 110 Å². The van der Waals surface area contributed by atoms with Crippen molar-refractivity contribution in [3.63, 3.8) is 0 Å².